The van der Waals surface area contributed by atoms with Gasteiger partial charge in [0, 0.05) is 31.5 Å². The quantitative estimate of drug-likeness (QED) is 0.852. The number of benzene rings is 1. The monoisotopic (exact) mass is 307 g/mol. The highest BCUT2D eigenvalue weighted by Crippen LogP contribution is 2.29. The van der Waals surface area contributed by atoms with E-state index in [0.29, 0.717) is 17.5 Å². The van der Waals surface area contributed by atoms with Gasteiger partial charge in [-0.1, -0.05) is 37.6 Å². The number of imidazole rings is 1. The molecule has 0 aliphatic rings. The van der Waals surface area contributed by atoms with Gasteiger partial charge in [0.05, 0.1) is 5.02 Å². The smallest absolute Gasteiger partial charge is 0.146 e. The van der Waals surface area contributed by atoms with Crippen molar-refractivity contribution in [2.75, 3.05) is 6.54 Å². The number of rotatable bonds is 7. The largest absolute Gasteiger partial charge is 0.484 e. The molecule has 21 heavy (non-hydrogen) atoms. The van der Waals surface area contributed by atoms with E-state index in [-0.39, 0.29) is 0 Å². The molecule has 2 aromatic rings. The fourth-order valence-corrected chi connectivity index (χ4v) is 2.27. The first-order valence-electron chi connectivity index (χ1n) is 7.15. The fourth-order valence-electron chi connectivity index (χ4n) is 2.02. The molecule has 4 nitrogen and oxygen atoms in total. The van der Waals surface area contributed by atoms with Gasteiger partial charge in [-0.05, 0) is 18.5 Å². The zero-order valence-corrected chi connectivity index (χ0v) is 13.5. The van der Waals surface area contributed by atoms with Crippen molar-refractivity contribution in [3.8, 4) is 5.75 Å². The molecule has 1 aromatic heterocycles. The Kier molecular flexibility index (Phi) is 5.65. The number of halogens is 1. The van der Waals surface area contributed by atoms with Gasteiger partial charge in [0.15, 0.2) is 0 Å². The van der Waals surface area contributed by atoms with Crippen molar-refractivity contribution in [2.45, 2.75) is 27.0 Å². The molecule has 5 heteroatoms. The van der Waals surface area contributed by atoms with Gasteiger partial charge >= 0.3 is 0 Å². The van der Waals surface area contributed by atoms with Gasteiger partial charge in [0.1, 0.15) is 18.2 Å². The van der Waals surface area contributed by atoms with Crippen molar-refractivity contribution in [1.29, 1.82) is 0 Å². The summed E-state index contributed by atoms with van der Waals surface area (Å²) in [6.45, 7) is 6.48. The van der Waals surface area contributed by atoms with E-state index < -0.39 is 0 Å². The molecule has 0 unspecified atom stereocenters. The molecule has 2 rings (SSSR count). The van der Waals surface area contributed by atoms with Crippen molar-refractivity contribution in [3.63, 3.8) is 0 Å². The van der Waals surface area contributed by atoms with Gasteiger partial charge in [-0.3, -0.25) is 0 Å². The number of hydrogen-bond acceptors (Lipinski definition) is 3. The lowest BCUT2D eigenvalue weighted by atomic mass is 10.2. The molecule has 0 fully saturated rings. The van der Waals surface area contributed by atoms with Crippen LogP contribution in [-0.4, -0.2) is 16.1 Å². The molecular formula is C16H22ClN3O. The molecule has 0 aliphatic carbocycles. The molecule has 0 atom stereocenters. The highest BCUT2D eigenvalue weighted by Gasteiger charge is 2.10. The van der Waals surface area contributed by atoms with E-state index in [0.717, 1.165) is 30.2 Å². The Morgan fingerprint density at radius 3 is 2.86 bits per heavy atom. The summed E-state index contributed by atoms with van der Waals surface area (Å²) in [6.07, 6.45) is 3.66. The van der Waals surface area contributed by atoms with Gasteiger partial charge in [-0.2, -0.15) is 0 Å². The second-order valence-corrected chi connectivity index (χ2v) is 5.90. The first-order valence-corrected chi connectivity index (χ1v) is 7.53. The van der Waals surface area contributed by atoms with Crippen molar-refractivity contribution in [1.82, 2.24) is 14.9 Å². The highest BCUT2D eigenvalue weighted by molar-refractivity contribution is 6.32. The van der Waals surface area contributed by atoms with E-state index in [2.05, 4.69) is 24.1 Å². The second kappa shape index (κ2) is 7.48. The van der Waals surface area contributed by atoms with E-state index >= 15 is 0 Å². The average molecular weight is 308 g/mol. The van der Waals surface area contributed by atoms with Crippen molar-refractivity contribution >= 4 is 11.6 Å². The number of aryl methyl sites for hydroxylation is 1. The maximum absolute atomic E-state index is 6.27. The van der Waals surface area contributed by atoms with Gasteiger partial charge in [-0.15, -0.1) is 0 Å². The number of para-hydroxylation sites is 1. The standard InChI is InChI=1S/C16H22ClN3O/c1-12(2)9-18-10-13-5-4-6-14(17)16(13)21-11-15-19-7-8-20(15)3/h4-8,12,18H,9-11H2,1-3H3. The SMILES string of the molecule is CC(C)CNCc1cccc(Cl)c1OCc1nccn1C. The summed E-state index contributed by atoms with van der Waals surface area (Å²) in [4.78, 5) is 4.25. The summed E-state index contributed by atoms with van der Waals surface area (Å²) in [5, 5.41) is 4.05. The summed E-state index contributed by atoms with van der Waals surface area (Å²) >= 11 is 6.27. The number of aromatic nitrogens is 2. The predicted molar refractivity (Wildman–Crippen MR) is 85.5 cm³/mol. The molecule has 1 N–H and O–H groups in total. The lowest BCUT2D eigenvalue weighted by molar-refractivity contribution is 0.288. The molecule has 0 spiro atoms. The number of nitrogens with one attached hydrogen (secondary N) is 1. The van der Waals surface area contributed by atoms with Crippen molar-refractivity contribution < 1.29 is 4.74 Å². The van der Waals surface area contributed by atoms with Gasteiger partial charge < -0.3 is 14.6 Å². The zero-order chi connectivity index (χ0) is 15.2. The molecule has 1 heterocycles. The molecule has 0 radical (unpaired) electrons. The van der Waals surface area contributed by atoms with Crippen LogP contribution >= 0.6 is 11.6 Å². The fraction of sp³-hybridized carbons (Fsp3) is 0.438. The summed E-state index contributed by atoms with van der Waals surface area (Å²) in [5.41, 5.74) is 1.07. The molecular weight excluding hydrogens is 286 g/mol. The van der Waals surface area contributed by atoms with Crippen LogP contribution in [0.3, 0.4) is 0 Å². The van der Waals surface area contributed by atoms with Crippen LogP contribution in [0.4, 0.5) is 0 Å². The minimum absolute atomic E-state index is 0.407. The molecule has 1 aromatic carbocycles. The van der Waals surface area contributed by atoms with E-state index in [4.69, 9.17) is 16.3 Å². The van der Waals surface area contributed by atoms with Crippen LogP contribution in [0.1, 0.15) is 25.2 Å². The number of hydrogen-bond donors (Lipinski definition) is 1. The lowest BCUT2D eigenvalue weighted by Gasteiger charge is -2.14. The topological polar surface area (TPSA) is 39.1 Å². The Labute approximate surface area is 131 Å². The Bertz CT molecular complexity index is 581. The zero-order valence-electron chi connectivity index (χ0n) is 12.8. The summed E-state index contributed by atoms with van der Waals surface area (Å²) in [7, 11) is 1.95. The lowest BCUT2D eigenvalue weighted by Crippen LogP contribution is -2.19. The molecule has 0 aliphatic heterocycles. The Balaban J connectivity index is 2.05. The summed E-state index contributed by atoms with van der Waals surface area (Å²) < 4.78 is 7.83. The van der Waals surface area contributed by atoms with Crippen LogP contribution in [-0.2, 0) is 20.2 Å². The molecule has 0 saturated carbocycles. The van der Waals surface area contributed by atoms with Crippen LogP contribution < -0.4 is 10.1 Å². The van der Waals surface area contributed by atoms with Crippen molar-refractivity contribution in [3.05, 3.63) is 47.0 Å². The van der Waals surface area contributed by atoms with E-state index in [1.165, 1.54) is 0 Å². The van der Waals surface area contributed by atoms with Crippen LogP contribution in [0.5, 0.6) is 5.75 Å². The summed E-state index contributed by atoms with van der Waals surface area (Å²) in [5.74, 6) is 2.22. The third-order valence-corrected chi connectivity index (χ3v) is 3.48. The first kappa shape index (κ1) is 15.9. The molecule has 0 amide bonds. The van der Waals surface area contributed by atoms with Gasteiger partial charge in [0.25, 0.3) is 0 Å². The minimum Gasteiger partial charge on any atom is -0.484 e. The maximum atomic E-state index is 6.27. The molecule has 0 saturated heterocycles. The van der Waals surface area contributed by atoms with Gasteiger partial charge in [0.2, 0.25) is 0 Å². The van der Waals surface area contributed by atoms with Crippen LogP contribution in [0.2, 0.25) is 5.02 Å². The summed E-state index contributed by atoms with van der Waals surface area (Å²) in [6, 6.07) is 5.83. The van der Waals surface area contributed by atoms with Crippen LogP contribution in [0.25, 0.3) is 0 Å². The molecule has 114 valence electrons. The second-order valence-electron chi connectivity index (χ2n) is 5.50. The predicted octanol–water partition coefficient (Wildman–Crippen LogP) is 3.40. The van der Waals surface area contributed by atoms with E-state index in [1.54, 1.807) is 6.20 Å². The van der Waals surface area contributed by atoms with E-state index in [9.17, 15) is 0 Å². The van der Waals surface area contributed by atoms with Crippen LogP contribution in [0.15, 0.2) is 30.6 Å². The third-order valence-electron chi connectivity index (χ3n) is 3.18. The Hall–Kier alpha value is -1.52. The highest BCUT2D eigenvalue weighted by atomic mass is 35.5. The third kappa shape index (κ3) is 4.48. The maximum Gasteiger partial charge on any atom is 0.146 e. The Morgan fingerprint density at radius 2 is 2.19 bits per heavy atom. The van der Waals surface area contributed by atoms with E-state index in [1.807, 2.05) is 36.0 Å². The average Bonchev–Trinajstić information content (AvgIpc) is 2.83. The number of ether oxygens (including phenoxy) is 1. The first-order chi connectivity index (χ1) is 10.1. The Morgan fingerprint density at radius 1 is 1.38 bits per heavy atom. The van der Waals surface area contributed by atoms with Crippen LogP contribution in [0, 0.1) is 5.92 Å². The van der Waals surface area contributed by atoms with Gasteiger partial charge in [-0.25, -0.2) is 4.98 Å². The van der Waals surface area contributed by atoms with Crippen molar-refractivity contribution in [2.24, 2.45) is 13.0 Å². The molecule has 0 bridgehead atoms. The normalized spacial score (nSPS) is 11.1. The number of nitrogens with zero attached hydrogens (tertiary/aromatic N) is 2. The minimum atomic E-state index is 0.407.